The van der Waals surface area contributed by atoms with Crippen molar-refractivity contribution in [2.75, 3.05) is 6.54 Å². The molecule has 0 saturated heterocycles. The van der Waals surface area contributed by atoms with E-state index in [1.807, 2.05) is 0 Å². The second kappa shape index (κ2) is 8.13. The molecule has 0 aromatic heterocycles. The summed E-state index contributed by atoms with van der Waals surface area (Å²) in [5, 5.41) is 0. The van der Waals surface area contributed by atoms with E-state index in [9.17, 15) is 0 Å². The summed E-state index contributed by atoms with van der Waals surface area (Å²) >= 11 is 0. The highest BCUT2D eigenvalue weighted by molar-refractivity contribution is 4.86. The molecule has 0 aromatic carbocycles. The first-order chi connectivity index (χ1) is 8.26. The molecule has 1 aliphatic carbocycles. The second-order valence-corrected chi connectivity index (χ2v) is 6.25. The first-order valence-corrected chi connectivity index (χ1v) is 7.96. The highest BCUT2D eigenvalue weighted by Crippen LogP contribution is 2.43. The van der Waals surface area contributed by atoms with Crippen LogP contribution in [-0.2, 0) is 0 Å². The highest BCUT2D eigenvalue weighted by atomic mass is 14.6. The Morgan fingerprint density at radius 2 is 1.65 bits per heavy atom. The summed E-state index contributed by atoms with van der Waals surface area (Å²) in [4.78, 5) is 0. The normalized spacial score (nSPS) is 29.5. The Labute approximate surface area is 109 Å². The minimum atomic E-state index is 0.526. The third-order valence-corrected chi connectivity index (χ3v) is 4.88. The van der Waals surface area contributed by atoms with Gasteiger partial charge in [-0.05, 0) is 50.0 Å². The minimum Gasteiger partial charge on any atom is -0.330 e. The molecule has 1 aliphatic rings. The van der Waals surface area contributed by atoms with Crippen LogP contribution in [0.4, 0.5) is 0 Å². The van der Waals surface area contributed by atoms with E-state index < -0.39 is 0 Å². The van der Waals surface area contributed by atoms with Crippen LogP contribution in [-0.4, -0.2) is 6.54 Å². The molecule has 0 heterocycles. The monoisotopic (exact) mass is 239 g/mol. The molecule has 1 heteroatoms. The van der Waals surface area contributed by atoms with Gasteiger partial charge in [0, 0.05) is 0 Å². The standard InChI is InChI=1S/C16H33N/c1-3-5-7-11-16(14-17)12-9-15(10-13-16)8-6-4-2/h15H,3-14,17H2,1-2H3. The average molecular weight is 239 g/mol. The van der Waals surface area contributed by atoms with E-state index in [2.05, 4.69) is 13.8 Å². The van der Waals surface area contributed by atoms with Gasteiger partial charge in [0.1, 0.15) is 0 Å². The first-order valence-electron chi connectivity index (χ1n) is 7.96. The molecule has 0 unspecified atom stereocenters. The van der Waals surface area contributed by atoms with E-state index in [1.165, 1.54) is 70.6 Å². The molecule has 1 saturated carbocycles. The molecule has 0 amide bonds. The van der Waals surface area contributed by atoms with Crippen LogP contribution < -0.4 is 5.73 Å². The van der Waals surface area contributed by atoms with Crippen LogP contribution in [0.25, 0.3) is 0 Å². The van der Waals surface area contributed by atoms with E-state index >= 15 is 0 Å². The molecule has 1 fully saturated rings. The Morgan fingerprint density at radius 1 is 1.00 bits per heavy atom. The zero-order valence-corrected chi connectivity index (χ0v) is 12.1. The first kappa shape index (κ1) is 15.0. The third-order valence-electron chi connectivity index (χ3n) is 4.88. The summed E-state index contributed by atoms with van der Waals surface area (Å²) in [5.41, 5.74) is 6.59. The lowest BCUT2D eigenvalue weighted by atomic mass is 9.67. The predicted molar refractivity (Wildman–Crippen MR) is 77.1 cm³/mol. The van der Waals surface area contributed by atoms with Gasteiger partial charge in [0.25, 0.3) is 0 Å². The molecule has 0 aliphatic heterocycles. The maximum atomic E-state index is 6.07. The van der Waals surface area contributed by atoms with E-state index in [1.54, 1.807) is 0 Å². The highest BCUT2D eigenvalue weighted by Gasteiger charge is 2.33. The molecule has 2 N–H and O–H groups in total. The van der Waals surface area contributed by atoms with Crippen LogP contribution in [0.2, 0.25) is 0 Å². The van der Waals surface area contributed by atoms with Gasteiger partial charge in [0.15, 0.2) is 0 Å². The van der Waals surface area contributed by atoms with Gasteiger partial charge >= 0.3 is 0 Å². The van der Waals surface area contributed by atoms with E-state index in [0.717, 1.165) is 12.5 Å². The smallest absolute Gasteiger partial charge is 0.00205 e. The minimum absolute atomic E-state index is 0.526. The Balaban J connectivity index is 2.29. The summed E-state index contributed by atoms with van der Waals surface area (Å²) in [6, 6.07) is 0. The van der Waals surface area contributed by atoms with Crippen LogP contribution >= 0.6 is 0 Å². The molecule has 0 atom stereocenters. The maximum Gasteiger partial charge on any atom is -0.00205 e. The Morgan fingerprint density at radius 3 is 2.18 bits per heavy atom. The lowest BCUT2D eigenvalue weighted by molar-refractivity contribution is 0.135. The van der Waals surface area contributed by atoms with Crippen molar-refractivity contribution in [3.63, 3.8) is 0 Å². The average Bonchev–Trinajstić information content (AvgIpc) is 2.38. The van der Waals surface area contributed by atoms with Gasteiger partial charge in [-0.2, -0.15) is 0 Å². The van der Waals surface area contributed by atoms with Crippen LogP contribution in [0.3, 0.4) is 0 Å². The summed E-state index contributed by atoms with van der Waals surface area (Å²) in [6.45, 7) is 5.52. The second-order valence-electron chi connectivity index (χ2n) is 6.25. The van der Waals surface area contributed by atoms with Crippen molar-refractivity contribution in [1.82, 2.24) is 0 Å². The van der Waals surface area contributed by atoms with Crippen molar-refractivity contribution in [3.8, 4) is 0 Å². The largest absolute Gasteiger partial charge is 0.330 e. The van der Waals surface area contributed by atoms with Gasteiger partial charge in [0.2, 0.25) is 0 Å². The Bertz CT molecular complexity index is 180. The summed E-state index contributed by atoms with van der Waals surface area (Å²) < 4.78 is 0. The molecule has 0 bridgehead atoms. The number of unbranched alkanes of at least 4 members (excludes halogenated alkanes) is 3. The van der Waals surface area contributed by atoms with Gasteiger partial charge in [-0.1, -0.05) is 52.4 Å². The van der Waals surface area contributed by atoms with Crippen molar-refractivity contribution in [2.24, 2.45) is 17.1 Å². The molecule has 102 valence electrons. The summed E-state index contributed by atoms with van der Waals surface area (Å²) in [7, 11) is 0. The van der Waals surface area contributed by atoms with E-state index in [-0.39, 0.29) is 0 Å². The number of hydrogen-bond donors (Lipinski definition) is 1. The molecule has 0 aromatic rings. The lowest BCUT2D eigenvalue weighted by Gasteiger charge is -2.40. The van der Waals surface area contributed by atoms with Crippen molar-refractivity contribution in [2.45, 2.75) is 84.5 Å². The van der Waals surface area contributed by atoms with Crippen LogP contribution in [0, 0.1) is 11.3 Å². The number of rotatable bonds is 8. The Hall–Kier alpha value is -0.0400. The topological polar surface area (TPSA) is 26.0 Å². The van der Waals surface area contributed by atoms with Crippen LogP contribution in [0.15, 0.2) is 0 Å². The fourth-order valence-corrected chi connectivity index (χ4v) is 3.38. The van der Waals surface area contributed by atoms with Gasteiger partial charge in [-0.3, -0.25) is 0 Å². The van der Waals surface area contributed by atoms with Crippen LogP contribution in [0.5, 0.6) is 0 Å². The molecule has 0 spiro atoms. The van der Waals surface area contributed by atoms with Crippen molar-refractivity contribution >= 4 is 0 Å². The zero-order valence-electron chi connectivity index (χ0n) is 12.1. The quantitative estimate of drug-likeness (QED) is 0.599. The van der Waals surface area contributed by atoms with Gasteiger partial charge in [0.05, 0.1) is 0 Å². The molecular formula is C16H33N. The number of hydrogen-bond acceptors (Lipinski definition) is 1. The van der Waals surface area contributed by atoms with Gasteiger partial charge in [-0.15, -0.1) is 0 Å². The fraction of sp³-hybridized carbons (Fsp3) is 1.00. The molecule has 1 rings (SSSR count). The molecule has 1 nitrogen and oxygen atoms in total. The molecule has 17 heavy (non-hydrogen) atoms. The van der Waals surface area contributed by atoms with E-state index in [4.69, 9.17) is 5.73 Å². The Kier molecular flexibility index (Phi) is 7.18. The summed E-state index contributed by atoms with van der Waals surface area (Å²) in [5.74, 6) is 1.01. The van der Waals surface area contributed by atoms with E-state index in [0.29, 0.717) is 5.41 Å². The van der Waals surface area contributed by atoms with Crippen molar-refractivity contribution in [1.29, 1.82) is 0 Å². The zero-order chi connectivity index (χ0) is 12.6. The van der Waals surface area contributed by atoms with Crippen molar-refractivity contribution in [3.05, 3.63) is 0 Å². The van der Waals surface area contributed by atoms with Crippen LogP contribution in [0.1, 0.15) is 84.5 Å². The van der Waals surface area contributed by atoms with Gasteiger partial charge < -0.3 is 5.73 Å². The lowest BCUT2D eigenvalue weighted by Crippen LogP contribution is -2.35. The third kappa shape index (κ3) is 4.99. The predicted octanol–water partition coefficient (Wildman–Crippen LogP) is 4.89. The number of nitrogens with two attached hydrogens (primary N) is 1. The molecular weight excluding hydrogens is 206 g/mol. The fourth-order valence-electron chi connectivity index (χ4n) is 3.38. The molecule has 0 radical (unpaired) electrons. The van der Waals surface area contributed by atoms with Crippen molar-refractivity contribution < 1.29 is 0 Å². The maximum absolute atomic E-state index is 6.07. The summed E-state index contributed by atoms with van der Waals surface area (Å²) in [6.07, 6.45) is 15.5. The SMILES string of the molecule is CCCCCC1(CN)CCC(CCCC)CC1. The van der Waals surface area contributed by atoms with Gasteiger partial charge in [-0.25, -0.2) is 0 Å².